The molecule has 0 atom stereocenters. The molecule has 382 valence electrons. The Bertz CT molecular complexity index is 5150. The molecule has 1 aliphatic heterocycles. The van der Waals surface area contributed by atoms with E-state index in [0.29, 0.717) is 34.0 Å². The molecule has 0 bridgehead atoms. The Hall–Kier alpha value is -10.5. The average Bonchev–Trinajstić information content (AvgIpc) is 1.55. The number of anilines is 3. The van der Waals surface area contributed by atoms with Crippen molar-refractivity contribution < 1.29 is 23.0 Å². The molecule has 0 spiro atoms. The van der Waals surface area contributed by atoms with Gasteiger partial charge in [0.1, 0.15) is 17.3 Å². The third-order valence-electron chi connectivity index (χ3n) is 15.5. The summed E-state index contributed by atoms with van der Waals surface area (Å²) in [6, 6.07) is 65.6. The Labute approximate surface area is 485 Å². The smallest absolute Gasteiger partial charge is 0.269 e. The second-order valence-corrected chi connectivity index (χ2v) is 20.2. The number of aryl methyl sites for hydroxylation is 2. The van der Waals surface area contributed by atoms with Gasteiger partial charge in [-0.05, 0) is 119 Å². The van der Waals surface area contributed by atoms with Crippen LogP contribution in [0.25, 0.3) is 83.4 Å². The number of benzene rings is 11. The van der Waals surface area contributed by atoms with Crippen molar-refractivity contribution in [2.24, 2.45) is 0 Å². The van der Waals surface area contributed by atoms with Crippen molar-refractivity contribution in [2.45, 2.75) is 13.8 Å². The molecule has 0 amide bonds. The van der Waals surface area contributed by atoms with Crippen molar-refractivity contribution in [2.75, 3.05) is 4.90 Å². The van der Waals surface area contributed by atoms with Crippen LogP contribution in [0.15, 0.2) is 279 Å². The highest BCUT2D eigenvalue weighted by molar-refractivity contribution is 6.98. The van der Waals surface area contributed by atoms with Crippen molar-refractivity contribution in [3.05, 3.63) is 296 Å². The van der Waals surface area contributed by atoms with Gasteiger partial charge in [-0.25, -0.2) is 4.98 Å². The second-order valence-electron chi connectivity index (χ2n) is 20.2. The summed E-state index contributed by atoms with van der Waals surface area (Å²) in [5.74, 6) is 1.75. The molecule has 6 nitrogen and oxygen atoms in total. The van der Waals surface area contributed by atoms with Crippen molar-refractivity contribution in [3.63, 3.8) is 0 Å². The minimum Gasteiger partial charge on any atom is -0.458 e. The fourth-order valence-electron chi connectivity index (χ4n) is 12.0. The number of pyridine rings is 1. The number of para-hydroxylation sites is 5. The van der Waals surface area contributed by atoms with Gasteiger partial charge in [0.05, 0.1) is 52.8 Å². The number of rotatable bonds is 10. The lowest BCUT2D eigenvalue weighted by molar-refractivity contribution is -0.571. The van der Waals surface area contributed by atoms with Gasteiger partial charge in [-0.1, -0.05) is 217 Å². The largest absolute Gasteiger partial charge is 0.458 e. The minimum absolute atomic E-state index is 0.0240. The summed E-state index contributed by atoms with van der Waals surface area (Å²) in [6.45, 7) is 4.43. The number of hydrogen-bond acceptors (Lipinski definition) is 3. The van der Waals surface area contributed by atoms with Crippen molar-refractivity contribution in [1.82, 2.24) is 14.1 Å². The van der Waals surface area contributed by atoms with E-state index in [1.54, 1.807) is 27.3 Å². The van der Waals surface area contributed by atoms with Gasteiger partial charge in [0.2, 0.25) is 6.71 Å². The predicted octanol–water partition coefficient (Wildman–Crippen LogP) is 15.9. The van der Waals surface area contributed by atoms with Crippen LogP contribution in [0.4, 0.5) is 17.1 Å². The van der Waals surface area contributed by atoms with Gasteiger partial charge in [-0.15, -0.1) is 0 Å². The standard InChI is InChI=1S/C74H52BN5O/c1-50-21-18-22-51(2)73(50)75-64-33-12-14-35-67(64)79(68-36-15-13-34-65(68)75)57-43-44-76-72(47-57)80-66-42-39-55(52-23-6-3-7-24-52)45-63(66)62-41-40-59(48-71(62)80)81-58-30-19-29-56(46-58)77-49-78(70-38-17-16-37-69(70)77)74-60(53-25-8-4-9-26-53)31-20-32-61(74)54-27-10-5-11-28-54/h3-48H,1-2H3/i4D,5D,8D,9D,10D,11D,25D,26D,27D,28D. The molecule has 3 aromatic heterocycles. The number of aromatic nitrogens is 4. The quantitative estimate of drug-likeness (QED) is 0.0778. The van der Waals surface area contributed by atoms with Crippen LogP contribution in [0.3, 0.4) is 0 Å². The second kappa shape index (κ2) is 19.8. The molecular formula is C74H52BN5O. The van der Waals surface area contributed by atoms with Crippen molar-refractivity contribution in [1.29, 1.82) is 0 Å². The van der Waals surface area contributed by atoms with Crippen LogP contribution in [-0.2, 0) is 0 Å². The first-order valence-electron chi connectivity index (χ1n) is 31.8. The Morgan fingerprint density at radius 1 is 0.481 bits per heavy atom. The van der Waals surface area contributed by atoms with E-state index in [-0.39, 0.29) is 34.7 Å². The molecule has 0 aliphatic carbocycles. The van der Waals surface area contributed by atoms with Crippen LogP contribution in [0.5, 0.6) is 11.5 Å². The van der Waals surface area contributed by atoms with Gasteiger partial charge in [0.15, 0.2) is 0 Å². The summed E-state index contributed by atoms with van der Waals surface area (Å²) >= 11 is 0. The van der Waals surface area contributed by atoms with Crippen molar-refractivity contribution >= 4 is 73.0 Å². The van der Waals surface area contributed by atoms with Gasteiger partial charge in [-0.2, -0.15) is 0 Å². The summed E-state index contributed by atoms with van der Waals surface area (Å²) in [6.07, 6.45) is 5.37. The molecule has 81 heavy (non-hydrogen) atoms. The first kappa shape index (κ1) is 38.1. The van der Waals surface area contributed by atoms with E-state index >= 15 is 0 Å². The summed E-state index contributed by atoms with van der Waals surface area (Å²) in [4.78, 5) is 7.50. The van der Waals surface area contributed by atoms with E-state index in [4.69, 9.17) is 23.4 Å². The average molecular weight is 1050 g/mol. The lowest BCUT2D eigenvalue weighted by Crippen LogP contribution is -2.58. The Morgan fingerprint density at radius 2 is 1.12 bits per heavy atom. The number of nitrogens with zero attached hydrogens (tertiary/aromatic N) is 5. The molecule has 0 saturated heterocycles. The summed E-state index contributed by atoms with van der Waals surface area (Å²) in [5.41, 5.74) is 15.4. The molecule has 0 N–H and O–H groups in total. The Morgan fingerprint density at radius 3 is 1.85 bits per heavy atom. The van der Waals surface area contributed by atoms with Gasteiger partial charge >= 0.3 is 0 Å². The van der Waals surface area contributed by atoms with E-state index in [9.17, 15) is 0 Å². The third kappa shape index (κ3) is 8.20. The first-order chi connectivity index (χ1) is 44.2. The number of imidazole rings is 1. The molecule has 7 heteroatoms. The van der Waals surface area contributed by atoms with Crippen LogP contribution in [0.2, 0.25) is 0 Å². The molecule has 0 unspecified atom stereocenters. The van der Waals surface area contributed by atoms with E-state index in [1.165, 1.54) is 27.5 Å². The lowest BCUT2D eigenvalue weighted by atomic mass is 9.34. The molecule has 0 saturated carbocycles. The minimum atomic E-state index is -0.573. The lowest BCUT2D eigenvalue weighted by Gasteiger charge is -2.37. The zero-order chi connectivity index (χ0) is 62.7. The highest BCUT2D eigenvalue weighted by Gasteiger charge is 2.36. The van der Waals surface area contributed by atoms with Crippen LogP contribution >= 0.6 is 0 Å². The Balaban J connectivity index is 0.866. The maximum absolute atomic E-state index is 9.13. The topological polar surface area (TPSA) is 39.1 Å². The van der Waals surface area contributed by atoms with E-state index in [2.05, 4.69) is 145 Å². The molecule has 14 aromatic rings. The normalized spacial score (nSPS) is 13.8. The maximum Gasteiger partial charge on any atom is 0.269 e. The van der Waals surface area contributed by atoms with E-state index in [0.717, 1.165) is 50.0 Å². The monoisotopic (exact) mass is 1050 g/mol. The molecular weight excluding hydrogens is 986 g/mol. The highest BCUT2D eigenvalue weighted by Crippen LogP contribution is 2.41. The molecule has 11 aromatic carbocycles. The predicted molar refractivity (Wildman–Crippen MR) is 334 cm³/mol. The van der Waals surface area contributed by atoms with Gasteiger partial charge < -0.3 is 9.64 Å². The van der Waals surface area contributed by atoms with Crippen LogP contribution in [0, 0.1) is 20.2 Å². The SMILES string of the molecule is [2H]c1c([2H])c([2H])c(-c2cccc(-c3c([2H])c([2H])c([2H])c([2H])c3[2H])c2-[n+]2[c-]n(-c3cccc(Oc4ccc5c6cc(-c7ccccc7)ccc6n(-c6cc(N7c8ccccc8B(c8c(C)cccc8C)c8ccccc87)ccn6)c5c4)c3)c3ccccc32)c([2H])c1[2H]. The Kier molecular flexibility index (Phi) is 9.30. The van der Waals surface area contributed by atoms with E-state index in [1.807, 2.05) is 85.1 Å². The molecule has 15 rings (SSSR count). The van der Waals surface area contributed by atoms with Gasteiger partial charge in [-0.3, -0.25) is 13.7 Å². The molecule has 1 aliphatic rings. The molecule has 4 heterocycles. The van der Waals surface area contributed by atoms with Crippen LogP contribution < -0.4 is 30.6 Å². The summed E-state index contributed by atoms with van der Waals surface area (Å²) in [7, 11) is 0. The maximum atomic E-state index is 9.13. The zero-order valence-electron chi connectivity index (χ0n) is 54.0. The van der Waals surface area contributed by atoms with Crippen LogP contribution in [0.1, 0.15) is 24.8 Å². The number of fused-ring (bicyclic) bond motifs is 6. The first-order valence-corrected chi connectivity index (χ1v) is 26.8. The van der Waals surface area contributed by atoms with Crippen LogP contribution in [-0.4, -0.2) is 20.8 Å². The zero-order valence-corrected chi connectivity index (χ0v) is 44.0. The molecule has 0 radical (unpaired) electrons. The fourth-order valence-corrected chi connectivity index (χ4v) is 12.0. The number of ether oxygens (including phenoxy) is 1. The fraction of sp³-hybridized carbons (Fsp3) is 0.0270. The number of hydrogen-bond donors (Lipinski definition) is 0. The van der Waals surface area contributed by atoms with Gasteiger partial charge in [0.25, 0.3) is 6.33 Å². The molecule has 0 fully saturated rings. The van der Waals surface area contributed by atoms with E-state index < -0.39 is 60.4 Å². The summed E-state index contributed by atoms with van der Waals surface area (Å²) in [5, 5.41) is 2.03. The van der Waals surface area contributed by atoms with Gasteiger partial charge in [0, 0.05) is 40.5 Å². The summed E-state index contributed by atoms with van der Waals surface area (Å²) < 4.78 is 101. The third-order valence-corrected chi connectivity index (χ3v) is 15.5. The van der Waals surface area contributed by atoms with Crippen molar-refractivity contribution in [3.8, 4) is 62.1 Å². The highest BCUT2D eigenvalue weighted by atomic mass is 16.5.